The SMILES string of the molecule is COc1ccc(C(=O)N2CCC[C@H](c3nnc(C(=O)Nc4ccc(Cl)cc4)s3)C2)cc1. The highest BCUT2D eigenvalue weighted by Gasteiger charge is 2.28. The highest BCUT2D eigenvalue weighted by atomic mass is 35.5. The van der Waals surface area contributed by atoms with Gasteiger partial charge < -0.3 is 15.0 Å². The van der Waals surface area contributed by atoms with Crippen molar-refractivity contribution in [1.29, 1.82) is 0 Å². The van der Waals surface area contributed by atoms with Crippen LogP contribution < -0.4 is 10.1 Å². The van der Waals surface area contributed by atoms with Crippen LogP contribution in [0.5, 0.6) is 5.75 Å². The molecule has 4 rings (SSSR count). The van der Waals surface area contributed by atoms with E-state index in [9.17, 15) is 9.59 Å². The van der Waals surface area contributed by atoms with Gasteiger partial charge in [-0.1, -0.05) is 22.9 Å². The number of hydrogen-bond acceptors (Lipinski definition) is 6. The molecule has 7 nitrogen and oxygen atoms in total. The summed E-state index contributed by atoms with van der Waals surface area (Å²) in [4.78, 5) is 27.2. The Balaban J connectivity index is 1.41. The van der Waals surface area contributed by atoms with Gasteiger partial charge in [-0.15, -0.1) is 10.2 Å². The minimum atomic E-state index is -0.312. The van der Waals surface area contributed by atoms with Crippen molar-refractivity contribution in [3.63, 3.8) is 0 Å². The second-order valence-corrected chi connectivity index (χ2v) is 8.67. The lowest BCUT2D eigenvalue weighted by Gasteiger charge is -2.31. The largest absolute Gasteiger partial charge is 0.497 e. The minimum absolute atomic E-state index is 0.0161. The third-order valence-corrected chi connectivity index (χ3v) is 6.47. The second-order valence-electron chi connectivity index (χ2n) is 7.23. The van der Waals surface area contributed by atoms with Gasteiger partial charge in [0.1, 0.15) is 10.8 Å². The molecule has 0 spiro atoms. The van der Waals surface area contributed by atoms with Gasteiger partial charge in [0.15, 0.2) is 0 Å². The first-order valence-electron chi connectivity index (χ1n) is 9.87. The lowest BCUT2D eigenvalue weighted by Crippen LogP contribution is -2.39. The van der Waals surface area contributed by atoms with Crippen LogP contribution in [0.15, 0.2) is 48.5 Å². The van der Waals surface area contributed by atoms with Crippen LogP contribution >= 0.6 is 22.9 Å². The average molecular weight is 457 g/mol. The summed E-state index contributed by atoms with van der Waals surface area (Å²) >= 11 is 7.14. The number of halogens is 1. The Bertz CT molecular complexity index is 1070. The van der Waals surface area contributed by atoms with Crippen LogP contribution in [0.4, 0.5) is 5.69 Å². The molecule has 0 saturated carbocycles. The van der Waals surface area contributed by atoms with Gasteiger partial charge in [-0.2, -0.15) is 0 Å². The summed E-state index contributed by atoms with van der Waals surface area (Å²) in [6, 6.07) is 14.0. The Morgan fingerprint density at radius 3 is 2.58 bits per heavy atom. The van der Waals surface area contributed by atoms with Gasteiger partial charge >= 0.3 is 0 Å². The fraction of sp³-hybridized carbons (Fsp3) is 0.273. The maximum absolute atomic E-state index is 12.9. The van der Waals surface area contributed by atoms with Crippen LogP contribution in [0.1, 0.15) is 43.9 Å². The number of methoxy groups -OCH3 is 1. The Kier molecular flexibility index (Phi) is 6.48. The first kappa shape index (κ1) is 21.3. The number of ether oxygens (including phenoxy) is 1. The van der Waals surface area contributed by atoms with Crippen molar-refractivity contribution in [1.82, 2.24) is 15.1 Å². The fourth-order valence-corrected chi connectivity index (χ4v) is 4.48. The van der Waals surface area contributed by atoms with E-state index >= 15 is 0 Å². The van der Waals surface area contributed by atoms with E-state index < -0.39 is 0 Å². The monoisotopic (exact) mass is 456 g/mol. The van der Waals surface area contributed by atoms with Crippen LogP contribution in [0.3, 0.4) is 0 Å². The normalized spacial score (nSPS) is 16.1. The van der Waals surface area contributed by atoms with Crippen molar-refractivity contribution >= 4 is 40.4 Å². The van der Waals surface area contributed by atoms with Gasteiger partial charge in [0.2, 0.25) is 5.01 Å². The molecule has 2 aromatic carbocycles. The topological polar surface area (TPSA) is 84.4 Å². The van der Waals surface area contributed by atoms with Gasteiger partial charge in [0.05, 0.1) is 7.11 Å². The van der Waals surface area contributed by atoms with Gasteiger partial charge in [-0.3, -0.25) is 9.59 Å². The van der Waals surface area contributed by atoms with Crippen molar-refractivity contribution in [2.24, 2.45) is 0 Å². The Morgan fingerprint density at radius 1 is 1.13 bits per heavy atom. The number of anilines is 1. The van der Waals surface area contributed by atoms with E-state index in [0.29, 0.717) is 40.1 Å². The van der Waals surface area contributed by atoms with Crippen molar-refractivity contribution < 1.29 is 14.3 Å². The summed E-state index contributed by atoms with van der Waals surface area (Å²) in [5, 5.41) is 12.8. The average Bonchev–Trinajstić information content (AvgIpc) is 3.31. The van der Waals surface area contributed by atoms with Crippen molar-refractivity contribution in [3.8, 4) is 5.75 Å². The quantitative estimate of drug-likeness (QED) is 0.612. The molecule has 0 aliphatic carbocycles. The molecule has 0 unspecified atom stereocenters. The molecule has 2 heterocycles. The third-order valence-electron chi connectivity index (χ3n) is 5.13. The lowest BCUT2D eigenvalue weighted by molar-refractivity contribution is 0.0706. The van der Waals surface area contributed by atoms with Crippen LogP contribution in [0, 0.1) is 0 Å². The van der Waals surface area contributed by atoms with E-state index in [-0.39, 0.29) is 17.7 Å². The number of hydrogen-bond donors (Lipinski definition) is 1. The molecular formula is C22H21ClN4O3S. The summed E-state index contributed by atoms with van der Waals surface area (Å²) in [6.45, 7) is 1.25. The molecule has 2 amide bonds. The predicted molar refractivity (Wildman–Crippen MR) is 120 cm³/mol. The number of nitrogens with zero attached hydrogens (tertiary/aromatic N) is 3. The number of piperidine rings is 1. The zero-order valence-corrected chi connectivity index (χ0v) is 18.4. The predicted octanol–water partition coefficient (Wildman–Crippen LogP) is 4.47. The van der Waals surface area contributed by atoms with E-state index in [4.69, 9.17) is 16.3 Å². The number of amides is 2. The molecule has 160 valence electrons. The number of nitrogens with one attached hydrogen (secondary N) is 1. The number of rotatable bonds is 5. The number of carbonyl (C=O) groups excluding carboxylic acids is 2. The number of benzene rings is 2. The van der Waals surface area contributed by atoms with Crippen LogP contribution in [0.2, 0.25) is 5.02 Å². The first-order valence-corrected chi connectivity index (χ1v) is 11.1. The highest BCUT2D eigenvalue weighted by molar-refractivity contribution is 7.13. The molecule has 9 heteroatoms. The molecular weight excluding hydrogens is 436 g/mol. The molecule has 1 fully saturated rings. The summed E-state index contributed by atoms with van der Waals surface area (Å²) in [7, 11) is 1.60. The zero-order valence-electron chi connectivity index (χ0n) is 16.9. The molecule has 31 heavy (non-hydrogen) atoms. The van der Waals surface area contributed by atoms with Crippen LogP contribution in [-0.2, 0) is 0 Å². The van der Waals surface area contributed by atoms with Gasteiger partial charge in [0.25, 0.3) is 11.8 Å². The van der Waals surface area contributed by atoms with E-state index in [0.717, 1.165) is 17.8 Å². The van der Waals surface area contributed by atoms with E-state index in [1.807, 2.05) is 4.90 Å². The van der Waals surface area contributed by atoms with Gasteiger partial charge in [-0.05, 0) is 61.4 Å². The summed E-state index contributed by atoms with van der Waals surface area (Å²) in [5.74, 6) is 0.447. The number of likely N-dealkylation sites (tertiary alicyclic amines) is 1. The Hall–Kier alpha value is -2.97. The molecule has 3 aromatic rings. The van der Waals surface area contributed by atoms with E-state index in [2.05, 4.69) is 15.5 Å². The van der Waals surface area contributed by atoms with E-state index in [1.165, 1.54) is 11.3 Å². The maximum Gasteiger partial charge on any atom is 0.286 e. The summed E-state index contributed by atoms with van der Waals surface area (Å²) < 4.78 is 5.16. The molecule has 1 N–H and O–H groups in total. The van der Waals surface area contributed by atoms with Crippen molar-refractivity contribution in [2.75, 3.05) is 25.5 Å². The molecule has 1 aromatic heterocycles. The lowest BCUT2D eigenvalue weighted by atomic mass is 9.98. The minimum Gasteiger partial charge on any atom is -0.497 e. The van der Waals surface area contributed by atoms with Gasteiger partial charge in [0, 0.05) is 35.3 Å². The van der Waals surface area contributed by atoms with Crippen molar-refractivity contribution in [3.05, 3.63) is 69.1 Å². The first-order chi connectivity index (χ1) is 15.0. The molecule has 0 bridgehead atoms. The molecule has 1 aliphatic heterocycles. The highest BCUT2D eigenvalue weighted by Crippen LogP contribution is 2.30. The smallest absolute Gasteiger partial charge is 0.286 e. The fourth-order valence-electron chi connectivity index (χ4n) is 3.49. The number of aromatic nitrogens is 2. The van der Waals surface area contributed by atoms with Crippen molar-refractivity contribution in [2.45, 2.75) is 18.8 Å². The standard InChI is InChI=1S/C22H21ClN4O3S/c1-30-18-10-4-14(5-11-18)22(29)27-12-2-3-15(13-27)20-25-26-21(31-20)19(28)24-17-8-6-16(23)7-9-17/h4-11,15H,2-3,12-13H2,1H3,(H,24,28)/t15-/m0/s1. The molecule has 1 atom stereocenters. The third kappa shape index (κ3) is 5.03. The molecule has 1 saturated heterocycles. The summed E-state index contributed by atoms with van der Waals surface area (Å²) in [6.07, 6.45) is 1.78. The zero-order chi connectivity index (χ0) is 21.8. The van der Waals surface area contributed by atoms with Crippen LogP contribution in [-0.4, -0.2) is 47.1 Å². The maximum atomic E-state index is 12.9. The Labute approximate surface area is 189 Å². The number of carbonyl (C=O) groups is 2. The van der Waals surface area contributed by atoms with E-state index in [1.54, 1.807) is 55.6 Å². The molecule has 0 radical (unpaired) electrons. The summed E-state index contributed by atoms with van der Waals surface area (Å²) in [5.41, 5.74) is 1.27. The second kappa shape index (κ2) is 9.45. The Morgan fingerprint density at radius 2 is 1.87 bits per heavy atom. The molecule has 1 aliphatic rings. The van der Waals surface area contributed by atoms with Gasteiger partial charge in [-0.25, -0.2) is 0 Å². The van der Waals surface area contributed by atoms with Crippen LogP contribution in [0.25, 0.3) is 0 Å².